The van der Waals surface area contributed by atoms with E-state index >= 15 is 0 Å². The number of nitrogens with one attached hydrogen (secondary N) is 2. The summed E-state index contributed by atoms with van der Waals surface area (Å²) in [6.45, 7) is -0.0301. The lowest BCUT2D eigenvalue weighted by Crippen LogP contribution is -2.41. The van der Waals surface area contributed by atoms with Crippen LogP contribution in [0.2, 0.25) is 0 Å². The molecule has 194 valence electrons. The Hall–Kier alpha value is -4.75. The van der Waals surface area contributed by atoms with Crippen LogP contribution in [0.5, 0.6) is 0 Å². The van der Waals surface area contributed by atoms with Crippen molar-refractivity contribution in [3.8, 4) is 0 Å². The second kappa shape index (κ2) is 10.9. The van der Waals surface area contributed by atoms with Crippen molar-refractivity contribution in [1.29, 1.82) is 0 Å². The van der Waals surface area contributed by atoms with Crippen molar-refractivity contribution in [3.63, 3.8) is 0 Å². The van der Waals surface area contributed by atoms with E-state index in [1.807, 2.05) is 0 Å². The highest BCUT2D eigenvalue weighted by Gasteiger charge is 2.31. The molecule has 1 amide bonds. The third-order valence-corrected chi connectivity index (χ3v) is 5.12. The Balaban J connectivity index is 1.75. The third-order valence-electron chi connectivity index (χ3n) is 5.12. The number of rotatable bonds is 10. The number of carbonyl (C=O) groups excluding carboxylic acids is 1. The number of aliphatic carboxylic acids is 2. The molecule has 0 aliphatic heterocycles. The van der Waals surface area contributed by atoms with Gasteiger partial charge in [0.15, 0.2) is 11.5 Å². The molecule has 0 bridgehead atoms. The largest absolute Gasteiger partial charge is 0.481 e. The van der Waals surface area contributed by atoms with Gasteiger partial charge < -0.3 is 26.0 Å². The van der Waals surface area contributed by atoms with E-state index in [0.717, 1.165) is 18.2 Å². The van der Waals surface area contributed by atoms with Gasteiger partial charge in [-0.05, 0) is 42.3 Å². The molecule has 0 fully saturated rings. The van der Waals surface area contributed by atoms with Crippen LogP contribution in [0.25, 0.3) is 11.0 Å². The Morgan fingerprint density at radius 1 is 0.919 bits per heavy atom. The number of carboxylic acids is 3. The van der Waals surface area contributed by atoms with Crippen LogP contribution < -0.4 is 10.6 Å². The average Bonchev–Trinajstić information content (AvgIpc) is 2.83. The SMILES string of the molecule is O=C(O)CC[C@H](NC(=O)c1ccc(CNc2nc3cc(C(F)(F)F)ccc3nc2C(=O)O)cc1)C(=O)O. The van der Waals surface area contributed by atoms with E-state index in [0.29, 0.717) is 5.56 Å². The highest BCUT2D eigenvalue weighted by molar-refractivity contribution is 5.97. The molecule has 2 aromatic carbocycles. The number of fused-ring (bicyclic) bond motifs is 1. The van der Waals surface area contributed by atoms with Gasteiger partial charge in [-0.25, -0.2) is 19.6 Å². The van der Waals surface area contributed by atoms with Crippen LogP contribution in [0.3, 0.4) is 0 Å². The first-order chi connectivity index (χ1) is 17.3. The quantitative estimate of drug-likeness (QED) is 0.267. The Bertz CT molecular complexity index is 1360. The maximum absolute atomic E-state index is 13.0. The molecular weight excluding hydrogens is 501 g/mol. The summed E-state index contributed by atoms with van der Waals surface area (Å²) >= 11 is 0. The predicted octanol–water partition coefficient (Wildman–Crippen LogP) is 3.01. The first-order valence-electron chi connectivity index (χ1n) is 10.6. The molecular formula is C23H19F3N4O7. The molecule has 0 unspecified atom stereocenters. The molecule has 3 rings (SSSR count). The number of alkyl halides is 3. The number of hydrogen-bond acceptors (Lipinski definition) is 7. The topological polar surface area (TPSA) is 179 Å². The number of carbonyl (C=O) groups is 4. The van der Waals surface area contributed by atoms with E-state index in [1.54, 1.807) is 0 Å². The summed E-state index contributed by atoms with van der Waals surface area (Å²) in [7, 11) is 0. The lowest BCUT2D eigenvalue weighted by molar-refractivity contribution is -0.141. The summed E-state index contributed by atoms with van der Waals surface area (Å²) in [6.07, 6.45) is -5.37. The Morgan fingerprint density at radius 2 is 1.59 bits per heavy atom. The minimum Gasteiger partial charge on any atom is -0.481 e. The molecule has 5 N–H and O–H groups in total. The van der Waals surface area contributed by atoms with E-state index in [9.17, 15) is 37.5 Å². The highest BCUT2D eigenvalue weighted by Crippen LogP contribution is 2.31. The number of aromatic nitrogens is 2. The zero-order valence-electron chi connectivity index (χ0n) is 18.7. The fraction of sp³-hybridized carbons (Fsp3) is 0.217. The fourth-order valence-electron chi connectivity index (χ4n) is 3.23. The fourth-order valence-corrected chi connectivity index (χ4v) is 3.23. The van der Waals surface area contributed by atoms with Gasteiger partial charge >= 0.3 is 24.1 Å². The summed E-state index contributed by atoms with van der Waals surface area (Å²) in [5, 5.41) is 32.3. The summed E-state index contributed by atoms with van der Waals surface area (Å²) in [4.78, 5) is 53.7. The van der Waals surface area contributed by atoms with Crippen LogP contribution in [0.1, 0.15) is 44.8 Å². The van der Waals surface area contributed by atoms with Gasteiger partial charge in [0.2, 0.25) is 0 Å². The lowest BCUT2D eigenvalue weighted by Gasteiger charge is -2.14. The van der Waals surface area contributed by atoms with Gasteiger partial charge in [0.1, 0.15) is 6.04 Å². The van der Waals surface area contributed by atoms with E-state index in [1.165, 1.54) is 24.3 Å². The standard InChI is InChI=1S/C23H19F3N4O7/c24-23(25,26)13-5-6-14-16(9-13)29-19(18(28-14)22(36)37)27-10-11-1-3-12(4-2-11)20(33)30-15(21(34)35)7-8-17(31)32/h1-6,9,15H,7-8,10H2,(H,27,29)(H,30,33)(H,31,32)(H,34,35)(H,36,37)/t15-/m0/s1. The second-order valence-corrected chi connectivity index (χ2v) is 7.77. The molecule has 11 nitrogen and oxygen atoms in total. The van der Waals surface area contributed by atoms with Gasteiger partial charge in [-0.15, -0.1) is 0 Å². The van der Waals surface area contributed by atoms with Crippen LogP contribution in [-0.2, 0) is 22.3 Å². The number of halogens is 3. The molecule has 0 aliphatic carbocycles. The van der Waals surface area contributed by atoms with Crippen LogP contribution in [0.4, 0.5) is 19.0 Å². The number of benzene rings is 2. The van der Waals surface area contributed by atoms with Crippen LogP contribution in [0, 0.1) is 0 Å². The molecule has 37 heavy (non-hydrogen) atoms. The lowest BCUT2D eigenvalue weighted by atomic mass is 10.1. The summed E-state index contributed by atoms with van der Waals surface area (Å²) in [6, 6.07) is 6.85. The molecule has 3 aromatic rings. The first-order valence-corrected chi connectivity index (χ1v) is 10.6. The number of carboxylic acid groups (broad SMARTS) is 3. The molecule has 0 saturated heterocycles. The maximum Gasteiger partial charge on any atom is 0.416 e. The normalized spacial score (nSPS) is 12.1. The minimum absolute atomic E-state index is 0.0301. The highest BCUT2D eigenvalue weighted by atomic mass is 19.4. The molecule has 0 radical (unpaired) electrons. The van der Waals surface area contributed by atoms with Crippen LogP contribution >= 0.6 is 0 Å². The summed E-state index contributed by atoms with van der Waals surface area (Å²) in [5.74, 6) is -5.04. The van der Waals surface area contributed by atoms with Crippen molar-refractivity contribution in [2.24, 2.45) is 0 Å². The molecule has 1 atom stereocenters. The Kier molecular flexibility index (Phi) is 7.90. The van der Waals surface area contributed by atoms with E-state index in [2.05, 4.69) is 20.6 Å². The van der Waals surface area contributed by atoms with Crippen molar-refractivity contribution >= 4 is 40.7 Å². The number of hydrogen-bond donors (Lipinski definition) is 5. The number of aromatic carboxylic acids is 1. The van der Waals surface area contributed by atoms with Gasteiger partial charge in [0.25, 0.3) is 5.91 Å². The molecule has 0 saturated carbocycles. The van der Waals surface area contributed by atoms with Crippen molar-refractivity contribution in [1.82, 2.24) is 15.3 Å². The molecule has 14 heteroatoms. The summed E-state index contributed by atoms with van der Waals surface area (Å²) < 4.78 is 39.1. The molecule has 0 aliphatic rings. The van der Waals surface area contributed by atoms with Gasteiger partial charge in [-0.2, -0.15) is 13.2 Å². The van der Waals surface area contributed by atoms with Gasteiger partial charge in [-0.1, -0.05) is 12.1 Å². The minimum atomic E-state index is -4.62. The molecule has 0 spiro atoms. The van der Waals surface area contributed by atoms with Crippen molar-refractivity contribution in [3.05, 3.63) is 64.8 Å². The Morgan fingerprint density at radius 3 is 2.16 bits per heavy atom. The maximum atomic E-state index is 13.0. The van der Waals surface area contributed by atoms with Crippen LogP contribution in [-0.4, -0.2) is 55.1 Å². The number of amides is 1. The molecule has 1 heterocycles. The van der Waals surface area contributed by atoms with Gasteiger partial charge in [0, 0.05) is 18.5 Å². The number of nitrogens with zero attached hydrogens (tertiary/aromatic N) is 2. The van der Waals surface area contributed by atoms with Crippen LogP contribution in [0.15, 0.2) is 42.5 Å². The Labute approximate surface area is 206 Å². The molecule has 1 aromatic heterocycles. The predicted molar refractivity (Wildman–Crippen MR) is 121 cm³/mol. The second-order valence-electron chi connectivity index (χ2n) is 7.77. The zero-order valence-corrected chi connectivity index (χ0v) is 18.7. The smallest absolute Gasteiger partial charge is 0.416 e. The number of anilines is 1. The average molecular weight is 520 g/mol. The third kappa shape index (κ3) is 6.90. The zero-order chi connectivity index (χ0) is 27.3. The monoisotopic (exact) mass is 520 g/mol. The van der Waals surface area contributed by atoms with E-state index in [4.69, 9.17) is 10.2 Å². The van der Waals surface area contributed by atoms with Crippen molar-refractivity contribution in [2.75, 3.05) is 5.32 Å². The van der Waals surface area contributed by atoms with Gasteiger partial charge in [-0.3, -0.25) is 9.59 Å². The van der Waals surface area contributed by atoms with E-state index in [-0.39, 0.29) is 35.4 Å². The van der Waals surface area contributed by atoms with Gasteiger partial charge in [0.05, 0.1) is 16.6 Å². The van der Waals surface area contributed by atoms with Crippen molar-refractivity contribution < 1.29 is 47.7 Å². The summed E-state index contributed by atoms with van der Waals surface area (Å²) in [5.41, 5.74) is -1.05. The first kappa shape index (κ1) is 26.8. The van der Waals surface area contributed by atoms with Crippen molar-refractivity contribution in [2.45, 2.75) is 31.6 Å². The van der Waals surface area contributed by atoms with E-state index < -0.39 is 53.7 Å².